The molecule has 3 aromatic rings. The number of carbonyl (C=O) groups excluding carboxylic acids is 2. The van der Waals surface area contributed by atoms with Gasteiger partial charge in [-0.2, -0.15) is 0 Å². The number of rotatable bonds is 7. The summed E-state index contributed by atoms with van der Waals surface area (Å²) in [5, 5.41) is 13.5. The molecule has 150 valence electrons. The van der Waals surface area contributed by atoms with E-state index < -0.39 is 5.91 Å². The molecule has 2 amide bonds. The number of hydrogen-bond donors (Lipinski definition) is 2. The van der Waals surface area contributed by atoms with Crippen LogP contribution in [0, 0.1) is 6.92 Å². The van der Waals surface area contributed by atoms with Gasteiger partial charge < -0.3 is 15.4 Å². The normalized spacial score (nSPS) is 10.4. The largest absolute Gasteiger partial charge is 0.495 e. The van der Waals surface area contributed by atoms with Crippen LogP contribution in [0.4, 0.5) is 11.4 Å². The van der Waals surface area contributed by atoms with Crippen LogP contribution in [0.5, 0.6) is 5.75 Å². The van der Waals surface area contributed by atoms with Gasteiger partial charge in [-0.25, -0.2) is 4.68 Å². The number of ether oxygens (including phenoxy) is 1. The fraction of sp³-hybridized carbons (Fsp3) is 0.238. The Kier molecular flexibility index (Phi) is 6.23. The quantitative estimate of drug-likeness (QED) is 0.643. The maximum Gasteiger partial charge on any atom is 0.278 e. The predicted octanol–water partition coefficient (Wildman–Crippen LogP) is 3.05. The molecule has 0 unspecified atom stereocenters. The van der Waals surface area contributed by atoms with Crippen molar-refractivity contribution in [1.29, 1.82) is 0 Å². The first-order valence-corrected chi connectivity index (χ1v) is 9.25. The van der Waals surface area contributed by atoms with Crippen LogP contribution >= 0.6 is 0 Å². The topological polar surface area (TPSA) is 98.1 Å². The number of methoxy groups -OCH3 is 1. The number of aryl methyl sites for hydroxylation is 1. The SMILES string of the molecule is CCc1ccccc1NC(=O)Cn1nnc(C(=O)Nc2ccccc2OC)c1C. The fourth-order valence-electron chi connectivity index (χ4n) is 2.93. The summed E-state index contributed by atoms with van der Waals surface area (Å²) in [7, 11) is 1.53. The summed E-state index contributed by atoms with van der Waals surface area (Å²) in [4.78, 5) is 25.0. The van der Waals surface area contributed by atoms with Crippen LogP contribution in [0.2, 0.25) is 0 Å². The molecule has 0 fully saturated rings. The summed E-state index contributed by atoms with van der Waals surface area (Å²) in [6.45, 7) is 3.68. The minimum absolute atomic E-state index is 0.0428. The van der Waals surface area contributed by atoms with E-state index in [1.54, 1.807) is 25.1 Å². The molecular formula is C21H23N5O3. The summed E-state index contributed by atoms with van der Waals surface area (Å²) < 4.78 is 6.64. The maximum absolute atomic E-state index is 12.6. The molecule has 8 heteroatoms. The van der Waals surface area contributed by atoms with Crippen molar-refractivity contribution < 1.29 is 14.3 Å². The maximum atomic E-state index is 12.6. The molecule has 2 N–H and O–H groups in total. The van der Waals surface area contributed by atoms with Crippen molar-refractivity contribution in [3.63, 3.8) is 0 Å². The van der Waals surface area contributed by atoms with Crippen molar-refractivity contribution in [2.75, 3.05) is 17.7 Å². The number of nitrogens with zero attached hydrogens (tertiary/aromatic N) is 3. The molecule has 0 aliphatic rings. The van der Waals surface area contributed by atoms with Crippen LogP contribution in [0.3, 0.4) is 0 Å². The van der Waals surface area contributed by atoms with Crippen LogP contribution in [0.15, 0.2) is 48.5 Å². The molecule has 1 heterocycles. The molecule has 1 aromatic heterocycles. The second-order valence-corrected chi connectivity index (χ2v) is 6.39. The van der Waals surface area contributed by atoms with Gasteiger partial charge in [0.2, 0.25) is 5.91 Å². The van der Waals surface area contributed by atoms with Gasteiger partial charge in [-0.15, -0.1) is 5.10 Å². The highest BCUT2D eigenvalue weighted by molar-refractivity contribution is 6.04. The Balaban J connectivity index is 1.70. The molecule has 0 radical (unpaired) electrons. The van der Waals surface area contributed by atoms with Crippen molar-refractivity contribution in [2.24, 2.45) is 0 Å². The van der Waals surface area contributed by atoms with Crippen LogP contribution < -0.4 is 15.4 Å². The lowest BCUT2D eigenvalue weighted by Crippen LogP contribution is -2.21. The Labute approximate surface area is 168 Å². The average molecular weight is 393 g/mol. The van der Waals surface area contributed by atoms with Gasteiger partial charge in [-0.05, 0) is 37.1 Å². The van der Waals surface area contributed by atoms with Crippen LogP contribution in [0.1, 0.15) is 28.7 Å². The van der Waals surface area contributed by atoms with Gasteiger partial charge in [0.1, 0.15) is 12.3 Å². The zero-order chi connectivity index (χ0) is 20.8. The first kappa shape index (κ1) is 20.1. The monoisotopic (exact) mass is 393 g/mol. The molecule has 0 aliphatic carbocycles. The lowest BCUT2D eigenvalue weighted by molar-refractivity contribution is -0.117. The van der Waals surface area contributed by atoms with Gasteiger partial charge in [0.15, 0.2) is 5.69 Å². The summed E-state index contributed by atoms with van der Waals surface area (Å²) in [5.74, 6) is -0.120. The predicted molar refractivity (Wildman–Crippen MR) is 110 cm³/mol. The Morgan fingerprint density at radius 2 is 1.72 bits per heavy atom. The van der Waals surface area contributed by atoms with E-state index in [4.69, 9.17) is 4.74 Å². The minimum Gasteiger partial charge on any atom is -0.495 e. The highest BCUT2D eigenvalue weighted by Gasteiger charge is 2.19. The van der Waals surface area contributed by atoms with Gasteiger partial charge in [0.05, 0.1) is 18.5 Å². The first-order valence-electron chi connectivity index (χ1n) is 9.25. The Hall–Kier alpha value is -3.68. The molecule has 0 saturated heterocycles. The van der Waals surface area contributed by atoms with Crippen molar-refractivity contribution >= 4 is 23.2 Å². The van der Waals surface area contributed by atoms with Crippen molar-refractivity contribution in [3.8, 4) is 5.75 Å². The standard InChI is InChI=1S/C21H23N5O3/c1-4-15-9-5-6-10-16(15)22-19(27)13-26-14(2)20(24-25-26)21(28)23-17-11-7-8-12-18(17)29-3/h5-12H,4,13H2,1-3H3,(H,22,27)(H,23,28). The molecule has 29 heavy (non-hydrogen) atoms. The zero-order valence-corrected chi connectivity index (χ0v) is 16.6. The number of hydrogen-bond acceptors (Lipinski definition) is 5. The first-order chi connectivity index (χ1) is 14.0. The minimum atomic E-state index is -0.421. The van der Waals surface area contributed by atoms with E-state index in [2.05, 4.69) is 20.9 Å². The number of para-hydroxylation sites is 3. The van der Waals surface area contributed by atoms with Crippen molar-refractivity contribution in [1.82, 2.24) is 15.0 Å². The molecular weight excluding hydrogens is 370 g/mol. The third-order valence-electron chi connectivity index (χ3n) is 4.52. The van der Waals surface area contributed by atoms with Crippen LogP contribution in [-0.2, 0) is 17.8 Å². The molecule has 0 spiro atoms. The summed E-state index contributed by atoms with van der Waals surface area (Å²) in [6.07, 6.45) is 0.812. The van der Waals surface area contributed by atoms with Gasteiger partial charge >= 0.3 is 0 Å². The van der Waals surface area contributed by atoms with Crippen LogP contribution in [0.25, 0.3) is 0 Å². The van der Waals surface area contributed by atoms with E-state index in [0.29, 0.717) is 17.1 Å². The van der Waals surface area contributed by atoms with E-state index in [1.807, 2.05) is 37.3 Å². The summed E-state index contributed by atoms with van der Waals surface area (Å²) in [6, 6.07) is 14.7. The third kappa shape index (κ3) is 4.60. The zero-order valence-electron chi connectivity index (χ0n) is 16.6. The lowest BCUT2D eigenvalue weighted by atomic mass is 10.1. The molecule has 2 aromatic carbocycles. The number of nitrogens with one attached hydrogen (secondary N) is 2. The van der Waals surface area contributed by atoms with Crippen molar-refractivity contribution in [2.45, 2.75) is 26.8 Å². The Morgan fingerprint density at radius 1 is 1.03 bits per heavy atom. The lowest BCUT2D eigenvalue weighted by Gasteiger charge is -2.10. The molecule has 0 saturated carbocycles. The fourth-order valence-corrected chi connectivity index (χ4v) is 2.93. The smallest absolute Gasteiger partial charge is 0.278 e. The Morgan fingerprint density at radius 3 is 2.45 bits per heavy atom. The molecule has 8 nitrogen and oxygen atoms in total. The van der Waals surface area contributed by atoms with E-state index in [1.165, 1.54) is 11.8 Å². The van der Waals surface area contributed by atoms with Crippen LogP contribution in [-0.4, -0.2) is 33.9 Å². The second kappa shape index (κ2) is 9.01. The molecule has 0 atom stereocenters. The highest BCUT2D eigenvalue weighted by Crippen LogP contribution is 2.23. The van der Waals surface area contributed by atoms with Crippen molar-refractivity contribution in [3.05, 3.63) is 65.5 Å². The summed E-state index contributed by atoms with van der Waals surface area (Å²) in [5.41, 5.74) is 3.00. The van der Waals surface area contributed by atoms with Gasteiger partial charge in [-0.3, -0.25) is 9.59 Å². The molecule has 3 rings (SSSR count). The van der Waals surface area contributed by atoms with Gasteiger partial charge in [-0.1, -0.05) is 42.5 Å². The van der Waals surface area contributed by atoms with E-state index in [-0.39, 0.29) is 18.1 Å². The number of amides is 2. The van der Waals surface area contributed by atoms with E-state index in [0.717, 1.165) is 17.7 Å². The average Bonchev–Trinajstić information content (AvgIpc) is 3.09. The summed E-state index contributed by atoms with van der Waals surface area (Å²) >= 11 is 0. The number of carbonyl (C=O) groups is 2. The number of anilines is 2. The van der Waals surface area contributed by atoms with Gasteiger partial charge in [0, 0.05) is 5.69 Å². The Bertz CT molecular complexity index is 1030. The second-order valence-electron chi connectivity index (χ2n) is 6.39. The third-order valence-corrected chi connectivity index (χ3v) is 4.52. The number of benzene rings is 2. The van der Waals surface area contributed by atoms with E-state index in [9.17, 15) is 9.59 Å². The molecule has 0 aliphatic heterocycles. The highest BCUT2D eigenvalue weighted by atomic mass is 16.5. The van der Waals surface area contributed by atoms with Gasteiger partial charge in [0.25, 0.3) is 5.91 Å². The molecule has 0 bridgehead atoms. The number of aromatic nitrogens is 3. The van der Waals surface area contributed by atoms with E-state index >= 15 is 0 Å².